The largest absolute Gasteiger partial charge is 0.462 e. The Hall–Kier alpha value is -3.50. The maximum atomic E-state index is 14.0. The number of nitrogens with zero attached hydrogens (tertiary/aromatic N) is 6. The summed E-state index contributed by atoms with van der Waals surface area (Å²) >= 11 is 6.65. The summed E-state index contributed by atoms with van der Waals surface area (Å²) in [5.41, 5.74) is 2.94. The first-order valence-corrected chi connectivity index (χ1v) is 14.3. The van der Waals surface area contributed by atoms with Crippen LogP contribution in [0.5, 0.6) is 6.01 Å². The third-order valence-electron chi connectivity index (χ3n) is 8.34. The maximum Gasteiger partial charge on any atom is 0.318 e. The summed E-state index contributed by atoms with van der Waals surface area (Å²) in [6, 6.07) is 12.3. The number of halogens is 3. The van der Waals surface area contributed by atoms with E-state index in [9.17, 15) is 13.6 Å². The molecular formula is C30H33ClF2N6O2. The topological polar surface area (TPSA) is 65.0 Å². The molecule has 0 unspecified atom stereocenters. The first-order chi connectivity index (χ1) is 19.8. The van der Waals surface area contributed by atoms with E-state index < -0.39 is 17.9 Å². The van der Waals surface area contributed by atoms with Gasteiger partial charge in [0.2, 0.25) is 0 Å². The molecule has 0 bridgehead atoms. The van der Waals surface area contributed by atoms with E-state index in [2.05, 4.69) is 34.6 Å². The number of piperazine rings is 1. The zero-order chi connectivity index (χ0) is 28.7. The van der Waals surface area contributed by atoms with Crippen molar-refractivity contribution in [2.24, 2.45) is 0 Å². The lowest BCUT2D eigenvalue weighted by atomic mass is 10.0. The second-order valence-corrected chi connectivity index (χ2v) is 11.4. The highest BCUT2D eigenvalue weighted by Gasteiger charge is 2.32. The summed E-state index contributed by atoms with van der Waals surface area (Å²) in [6.07, 6.45) is 0.259. The van der Waals surface area contributed by atoms with Crippen LogP contribution in [-0.2, 0) is 17.8 Å². The van der Waals surface area contributed by atoms with Crippen LogP contribution in [0.15, 0.2) is 48.8 Å². The van der Waals surface area contributed by atoms with E-state index in [0.717, 1.165) is 40.1 Å². The average Bonchev–Trinajstić information content (AvgIpc) is 3.31. The summed E-state index contributed by atoms with van der Waals surface area (Å²) in [5.74, 6) is -0.848. The normalized spacial score (nSPS) is 21.3. The second kappa shape index (κ2) is 11.4. The van der Waals surface area contributed by atoms with Crippen molar-refractivity contribution >= 4 is 39.8 Å². The molecule has 0 aliphatic carbocycles. The Bertz CT molecular complexity index is 1480. The van der Waals surface area contributed by atoms with Crippen LogP contribution in [0, 0.1) is 0 Å². The number of ether oxygens (including phenoxy) is 1. The molecule has 0 N–H and O–H groups in total. The predicted octanol–water partition coefficient (Wildman–Crippen LogP) is 4.40. The van der Waals surface area contributed by atoms with E-state index in [1.807, 2.05) is 30.1 Å². The first kappa shape index (κ1) is 27.7. The molecule has 1 aromatic heterocycles. The lowest BCUT2D eigenvalue weighted by molar-refractivity contribution is -0.128. The number of hydrogen-bond acceptors (Lipinski definition) is 7. The van der Waals surface area contributed by atoms with Gasteiger partial charge in [-0.05, 0) is 37.4 Å². The summed E-state index contributed by atoms with van der Waals surface area (Å²) < 4.78 is 33.5. The van der Waals surface area contributed by atoms with Gasteiger partial charge in [0.1, 0.15) is 18.6 Å². The highest BCUT2D eigenvalue weighted by Crippen LogP contribution is 2.37. The molecule has 3 aliphatic heterocycles. The monoisotopic (exact) mass is 582 g/mol. The van der Waals surface area contributed by atoms with Crippen molar-refractivity contribution in [1.29, 1.82) is 0 Å². The van der Waals surface area contributed by atoms with E-state index in [-0.39, 0.29) is 12.1 Å². The van der Waals surface area contributed by atoms with Crippen molar-refractivity contribution in [3.8, 4) is 6.01 Å². The smallest absolute Gasteiger partial charge is 0.318 e. The summed E-state index contributed by atoms with van der Waals surface area (Å²) in [7, 11) is 1.90. The molecule has 0 radical (unpaired) electrons. The maximum absolute atomic E-state index is 14.0. The minimum absolute atomic E-state index is 0.0502. The molecule has 0 spiro atoms. The van der Waals surface area contributed by atoms with Crippen LogP contribution in [0.2, 0.25) is 5.02 Å². The molecule has 8 nitrogen and oxygen atoms in total. The third-order valence-corrected chi connectivity index (χ3v) is 8.65. The predicted molar refractivity (Wildman–Crippen MR) is 156 cm³/mol. The van der Waals surface area contributed by atoms with Crippen molar-refractivity contribution in [3.63, 3.8) is 0 Å². The lowest BCUT2D eigenvalue weighted by Crippen LogP contribution is -2.49. The molecule has 2 aromatic carbocycles. The average molecular weight is 583 g/mol. The van der Waals surface area contributed by atoms with Gasteiger partial charge in [-0.3, -0.25) is 9.69 Å². The van der Waals surface area contributed by atoms with E-state index in [1.54, 1.807) is 0 Å². The van der Waals surface area contributed by atoms with Gasteiger partial charge in [-0.2, -0.15) is 9.97 Å². The number of likely N-dealkylation sites (N-methyl/N-ethyl adjacent to an activating group) is 1. The molecule has 1 amide bonds. The minimum Gasteiger partial charge on any atom is -0.462 e. The van der Waals surface area contributed by atoms with Gasteiger partial charge in [0.15, 0.2) is 5.83 Å². The Kier molecular flexibility index (Phi) is 7.70. The van der Waals surface area contributed by atoms with Crippen molar-refractivity contribution in [2.75, 3.05) is 62.7 Å². The number of alkyl halides is 1. The Morgan fingerprint density at radius 1 is 1.10 bits per heavy atom. The van der Waals surface area contributed by atoms with Crippen molar-refractivity contribution < 1.29 is 18.3 Å². The van der Waals surface area contributed by atoms with Crippen LogP contribution in [0.4, 0.5) is 20.3 Å². The molecule has 0 saturated carbocycles. The van der Waals surface area contributed by atoms with Gasteiger partial charge >= 0.3 is 6.01 Å². The van der Waals surface area contributed by atoms with Crippen LogP contribution in [0.1, 0.15) is 17.7 Å². The number of rotatable bonds is 6. The van der Waals surface area contributed by atoms with Crippen LogP contribution < -0.4 is 14.5 Å². The molecule has 3 aliphatic rings. The van der Waals surface area contributed by atoms with Crippen LogP contribution >= 0.6 is 11.6 Å². The second-order valence-electron chi connectivity index (χ2n) is 11.0. The van der Waals surface area contributed by atoms with E-state index in [4.69, 9.17) is 26.3 Å². The van der Waals surface area contributed by atoms with Crippen LogP contribution in [-0.4, -0.2) is 90.8 Å². The van der Waals surface area contributed by atoms with Gasteiger partial charge in [0.05, 0.1) is 17.3 Å². The molecule has 6 rings (SSSR count). The number of benzene rings is 2. The third kappa shape index (κ3) is 5.55. The first-order valence-electron chi connectivity index (χ1n) is 14.0. The van der Waals surface area contributed by atoms with Crippen molar-refractivity contribution in [3.05, 3.63) is 65.1 Å². The molecule has 216 valence electrons. The summed E-state index contributed by atoms with van der Waals surface area (Å²) in [6.45, 7) is 6.85. The van der Waals surface area contributed by atoms with Gasteiger partial charge < -0.3 is 19.4 Å². The van der Waals surface area contributed by atoms with Gasteiger partial charge in [-0.15, -0.1) is 0 Å². The number of aromatic nitrogens is 2. The number of carbonyl (C=O) groups excluding carboxylic acids is 1. The quantitative estimate of drug-likeness (QED) is 0.399. The minimum atomic E-state index is -0.949. The molecule has 41 heavy (non-hydrogen) atoms. The van der Waals surface area contributed by atoms with Gasteiger partial charge in [-0.1, -0.05) is 42.4 Å². The molecule has 2 fully saturated rings. The highest BCUT2D eigenvalue weighted by atomic mass is 35.5. The zero-order valence-electron chi connectivity index (χ0n) is 23.0. The Labute approximate surface area is 243 Å². The fourth-order valence-corrected chi connectivity index (χ4v) is 6.41. The number of amides is 1. The van der Waals surface area contributed by atoms with E-state index in [1.165, 1.54) is 4.90 Å². The Morgan fingerprint density at radius 3 is 2.56 bits per heavy atom. The molecule has 3 aromatic rings. The Morgan fingerprint density at radius 2 is 1.85 bits per heavy atom. The number of carbonyl (C=O) groups is 1. The van der Waals surface area contributed by atoms with Gasteiger partial charge in [0.25, 0.3) is 5.91 Å². The standard InChI is InChI=1S/C30H33ClF2N6O2/c1-19(32)29(40)38-13-11-37(12-14-38)28-23-9-10-39(26-8-4-6-20-5-3-7-24(31)27(20)26)17-25(23)34-30(35-28)41-18-22-15-21(33)16-36(22)2/h3-8,21-22H,1,9-18H2,2H3/t21-,22-/m1/s1. The van der Waals surface area contributed by atoms with Crippen molar-refractivity contribution in [1.82, 2.24) is 19.8 Å². The molecule has 2 atom stereocenters. The molecule has 2 saturated heterocycles. The Balaban J connectivity index is 1.30. The number of anilines is 2. The fourth-order valence-electron chi connectivity index (χ4n) is 6.13. The molecular weight excluding hydrogens is 550 g/mol. The van der Waals surface area contributed by atoms with E-state index in [0.29, 0.717) is 63.7 Å². The lowest BCUT2D eigenvalue weighted by Gasteiger charge is -2.38. The SMILES string of the molecule is C=C(F)C(=O)N1CCN(c2nc(OC[C@H]3C[C@@H](F)CN3C)nc3c2CCN(c2cccc4cccc(Cl)c24)C3)CC1. The van der Waals surface area contributed by atoms with E-state index >= 15 is 0 Å². The van der Waals surface area contributed by atoms with Gasteiger partial charge in [0, 0.05) is 61.9 Å². The molecule has 11 heteroatoms. The highest BCUT2D eigenvalue weighted by molar-refractivity contribution is 6.36. The molecule has 4 heterocycles. The summed E-state index contributed by atoms with van der Waals surface area (Å²) in [5, 5.41) is 2.78. The van der Waals surface area contributed by atoms with Crippen LogP contribution in [0.3, 0.4) is 0 Å². The summed E-state index contributed by atoms with van der Waals surface area (Å²) in [4.78, 5) is 29.6. The fraction of sp³-hybridized carbons (Fsp3) is 0.433. The zero-order valence-corrected chi connectivity index (χ0v) is 23.8. The number of fused-ring (bicyclic) bond motifs is 2. The van der Waals surface area contributed by atoms with Gasteiger partial charge in [-0.25, -0.2) is 8.78 Å². The number of likely N-dealkylation sites (tertiary alicyclic amines) is 1. The van der Waals surface area contributed by atoms with Crippen molar-refractivity contribution in [2.45, 2.75) is 31.6 Å². The number of hydrogen-bond donors (Lipinski definition) is 0. The van der Waals surface area contributed by atoms with Crippen LogP contribution in [0.25, 0.3) is 10.8 Å².